The zero-order chi connectivity index (χ0) is 19.2. The number of ether oxygens (including phenoxy) is 2. The van der Waals surface area contributed by atoms with E-state index in [1.165, 1.54) is 11.3 Å². The van der Waals surface area contributed by atoms with Crippen molar-refractivity contribution in [2.45, 2.75) is 38.7 Å². The van der Waals surface area contributed by atoms with Crippen LogP contribution in [0.2, 0.25) is 0 Å². The van der Waals surface area contributed by atoms with Crippen molar-refractivity contribution in [3.05, 3.63) is 46.3 Å². The second kappa shape index (κ2) is 8.69. The molecule has 0 saturated heterocycles. The molecule has 140 valence electrons. The van der Waals surface area contributed by atoms with Crippen LogP contribution >= 0.6 is 11.3 Å². The summed E-state index contributed by atoms with van der Waals surface area (Å²) in [4.78, 5) is 25.5. The minimum absolute atomic E-state index is 0.416. The lowest BCUT2D eigenvalue weighted by Gasteiger charge is -2.16. The van der Waals surface area contributed by atoms with Gasteiger partial charge in [-0.05, 0) is 43.4 Å². The summed E-state index contributed by atoms with van der Waals surface area (Å²) in [5, 5.41) is 12.6. The van der Waals surface area contributed by atoms with Crippen molar-refractivity contribution in [1.29, 1.82) is 5.26 Å². The largest absolute Gasteiger partial charge is 0.479 e. The van der Waals surface area contributed by atoms with Crippen LogP contribution in [-0.2, 0) is 27.2 Å². The molecule has 1 aliphatic carbocycles. The van der Waals surface area contributed by atoms with Gasteiger partial charge in [0, 0.05) is 4.88 Å². The second-order valence-corrected chi connectivity index (χ2v) is 7.26. The van der Waals surface area contributed by atoms with Gasteiger partial charge in [0.1, 0.15) is 16.8 Å². The molecule has 0 saturated carbocycles. The monoisotopic (exact) mass is 384 g/mol. The summed E-state index contributed by atoms with van der Waals surface area (Å²) in [7, 11) is 0. The molecule has 1 amide bonds. The molecule has 0 unspecified atom stereocenters. The van der Waals surface area contributed by atoms with Gasteiger partial charge in [-0.2, -0.15) is 5.26 Å². The summed E-state index contributed by atoms with van der Waals surface area (Å²) >= 11 is 1.43. The van der Waals surface area contributed by atoms with E-state index in [0.717, 1.165) is 29.7 Å². The van der Waals surface area contributed by atoms with E-state index in [1.54, 1.807) is 19.1 Å². The maximum absolute atomic E-state index is 12.2. The highest BCUT2D eigenvalue weighted by Crippen LogP contribution is 2.38. The van der Waals surface area contributed by atoms with Crippen LogP contribution in [0.4, 0.5) is 5.00 Å². The minimum atomic E-state index is -0.777. The first-order chi connectivity index (χ1) is 13.1. The summed E-state index contributed by atoms with van der Waals surface area (Å²) in [6.45, 7) is 1.39. The van der Waals surface area contributed by atoms with Gasteiger partial charge in [0.05, 0.1) is 5.56 Å². The third kappa shape index (κ3) is 4.47. The number of benzene rings is 1. The van der Waals surface area contributed by atoms with Gasteiger partial charge in [0.25, 0.3) is 5.91 Å². The summed E-state index contributed by atoms with van der Waals surface area (Å²) in [6, 6.07) is 11.1. The molecule has 0 radical (unpaired) electrons. The molecule has 0 bridgehead atoms. The molecule has 0 fully saturated rings. The molecule has 1 heterocycles. The average Bonchev–Trinajstić information content (AvgIpc) is 3.25. The number of thiophene rings is 1. The lowest BCUT2D eigenvalue weighted by Crippen LogP contribution is -2.31. The van der Waals surface area contributed by atoms with Crippen LogP contribution in [0.5, 0.6) is 5.75 Å². The zero-order valence-electron chi connectivity index (χ0n) is 15.0. The number of amides is 1. The van der Waals surface area contributed by atoms with Crippen molar-refractivity contribution in [1.82, 2.24) is 0 Å². The van der Waals surface area contributed by atoms with E-state index in [9.17, 15) is 14.9 Å². The smallest absolute Gasteiger partial charge is 0.347 e. The van der Waals surface area contributed by atoms with Crippen LogP contribution in [0, 0.1) is 11.3 Å². The molecular formula is C20H20N2O4S. The minimum Gasteiger partial charge on any atom is -0.479 e. The van der Waals surface area contributed by atoms with Gasteiger partial charge in [0.15, 0.2) is 12.7 Å². The van der Waals surface area contributed by atoms with Gasteiger partial charge in [-0.1, -0.05) is 25.1 Å². The van der Waals surface area contributed by atoms with Crippen LogP contribution in [0.25, 0.3) is 0 Å². The van der Waals surface area contributed by atoms with Crippen LogP contribution in [0.15, 0.2) is 30.3 Å². The van der Waals surface area contributed by atoms with E-state index in [0.29, 0.717) is 22.7 Å². The molecule has 7 heteroatoms. The van der Waals surface area contributed by atoms with E-state index in [2.05, 4.69) is 11.4 Å². The Morgan fingerprint density at radius 1 is 1.30 bits per heavy atom. The molecule has 1 aromatic heterocycles. The Balaban J connectivity index is 1.54. The Hall–Kier alpha value is -2.85. The molecular weight excluding hydrogens is 364 g/mol. The van der Waals surface area contributed by atoms with Crippen molar-refractivity contribution in [3.63, 3.8) is 0 Å². The van der Waals surface area contributed by atoms with E-state index < -0.39 is 24.6 Å². The van der Waals surface area contributed by atoms with Crippen LogP contribution in [0.3, 0.4) is 0 Å². The molecule has 3 rings (SSSR count). The SMILES string of the molecule is CC[C@H](Oc1ccccc1)C(=O)OCC(=O)Nc1sc2c(c1C#N)CCC2. The number of nitriles is 1. The number of esters is 1. The number of aryl methyl sites for hydroxylation is 1. The molecule has 1 atom stereocenters. The summed E-state index contributed by atoms with van der Waals surface area (Å²) in [6.07, 6.45) is 2.50. The van der Waals surface area contributed by atoms with Crippen LogP contribution in [0.1, 0.15) is 35.8 Å². The molecule has 6 nitrogen and oxygen atoms in total. The van der Waals surface area contributed by atoms with Crippen LogP contribution in [-0.4, -0.2) is 24.6 Å². The predicted octanol–water partition coefficient (Wildman–Crippen LogP) is 3.45. The van der Waals surface area contributed by atoms with E-state index in [1.807, 2.05) is 18.2 Å². The topological polar surface area (TPSA) is 88.4 Å². The van der Waals surface area contributed by atoms with Crippen molar-refractivity contribution in [3.8, 4) is 11.8 Å². The molecule has 0 spiro atoms. The Labute approximate surface area is 161 Å². The van der Waals surface area contributed by atoms with Crippen molar-refractivity contribution < 1.29 is 19.1 Å². The maximum atomic E-state index is 12.2. The summed E-state index contributed by atoms with van der Waals surface area (Å²) < 4.78 is 10.7. The Bertz CT molecular complexity index is 870. The number of hydrogen-bond acceptors (Lipinski definition) is 6. The van der Waals surface area contributed by atoms with Gasteiger partial charge in [-0.25, -0.2) is 4.79 Å². The van der Waals surface area contributed by atoms with Crippen molar-refractivity contribution >= 4 is 28.2 Å². The third-order valence-electron chi connectivity index (χ3n) is 4.29. The normalized spacial score (nSPS) is 13.3. The highest BCUT2D eigenvalue weighted by atomic mass is 32.1. The lowest BCUT2D eigenvalue weighted by atomic mass is 10.1. The Morgan fingerprint density at radius 3 is 2.78 bits per heavy atom. The van der Waals surface area contributed by atoms with E-state index in [-0.39, 0.29) is 0 Å². The summed E-state index contributed by atoms with van der Waals surface area (Å²) in [5.74, 6) is -0.488. The molecule has 2 aromatic rings. The fourth-order valence-electron chi connectivity index (χ4n) is 2.96. The molecule has 27 heavy (non-hydrogen) atoms. The Morgan fingerprint density at radius 2 is 2.07 bits per heavy atom. The molecule has 1 aliphatic rings. The number of carbonyl (C=O) groups excluding carboxylic acids is 2. The highest BCUT2D eigenvalue weighted by molar-refractivity contribution is 7.16. The standard InChI is InChI=1S/C20H20N2O4S/c1-2-16(26-13-7-4-3-5-8-13)20(24)25-12-18(23)22-19-15(11-21)14-9-6-10-17(14)27-19/h3-5,7-8,16H,2,6,9-10,12H2,1H3,(H,22,23)/t16-/m0/s1. The number of fused-ring (bicyclic) bond motifs is 1. The average molecular weight is 384 g/mol. The number of carbonyl (C=O) groups is 2. The Kier molecular flexibility index (Phi) is 6.09. The van der Waals surface area contributed by atoms with E-state index in [4.69, 9.17) is 9.47 Å². The van der Waals surface area contributed by atoms with Crippen molar-refractivity contribution in [2.75, 3.05) is 11.9 Å². The van der Waals surface area contributed by atoms with Crippen molar-refractivity contribution in [2.24, 2.45) is 0 Å². The van der Waals surface area contributed by atoms with Gasteiger partial charge in [-0.15, -0.1) is 11.3 Å². The zero-order valence-corrected chi connectivity index (χ0v) is 15.8. The lowest BCUT2D eigenvalue weighted by molar-refractivity contribution is -0.154. The quantitative estimate of drug-likeness (QED) is 0.739. The number of hydrogen-bond donors (Lipinski definition) is 1. The fourth-order valence-corrected chi connectivity index (χ4v) is 4.22. The number of nitrogens with zero attached hydrogens (tertiary/aromatic N) is 1. The predicted molar refractivity (Wildman–Crippen MR) is 102 cm³/mol. The third-order valence-corrected chi connectivity index (χ3v) is 5.49. The highest BCUT2D eigenvalue weighted by Gasteiger charge is 2.24. The van der Waals surface area contributed by atoms with Gasteiger partial charge in [0.2, 0.25) is 0 Å². The maximum Gasteiger partial charge on any atom is 0.347 e. The van der Waals surface area contributed by atoms with Crippen LogP contribution < -0.4 is 10.1 Å². The number of rotatable bonds is 7. The first kappa shape index (κ1) is 18.9. The van der Waals surface area contributed by atoms with Gasteiger partial charge in [-0.3, -0.25) is 4.79 Å². The first-order valence-corrected chi connectivity index (χ1v) is 9.66. The molecule has 0 aliphatic heterocycles. The fraction of sp³-hybridized carbons (Fsp3) is 0.350. The van der Waals surface area contributed by atoms with Gasteiger partial charge >= 0.3 is 5.97 Å². The molecule has 1 N–H and O–H groups in total. The number of anilines is 1. The van der Waals surface area contributed by atoms with Gasteiger partial charge < -0.3 is 14.8 Å². The van der Waals surface area contributed by atoms with E-state index >= 15 is 0 Å². The second-order valence-electron chi connectivity index (χ2n) is 6.16. The summed E-state index contributed by atoms with van der Waals surface area (Å²) in [5.41, 5.74) is 1.57. The molecule has 1 aromatic carbocycles. The number of para-hydroxylation sites is 1. The first-order valence-electron chi connectivity index (χ1n) is 8.85. The number of nitrogens with one attached hydrogen (secondary N) is 1.